The highest BCUT2D eigenvalue weighted by molar-refractivity contribution is 5.94. The Labute approximate surface area is 104 Å². The van der Waals surface area contributed by atoms with Crippen molar-refractivity contribution in [3.8, 4) is 0 Å². The normalized spacial score (nSPS) is 10.4. The van der Waals surface area contributed by atoms with Gasteiger partial charge in [-0.3, -0.25) is 4.79 Å². The van der Waals surface area contributed by atoms with E-state index in [1.54, 1.807) is 32.2 Å². The van der Waals surface area contributed by atoms with Crippen LogP contribution in [0.1, 0.15) is 21.8 Å². The molecule has 2 aromatic rings. The van der Waals surface area contributed by atoms with Crippen molar-refractivity contribution >= 4 is 5.91 Å². The first kappa shape index (κ1) is 12.3. The lowest BCUT2D eigenvalue weighted by Gasteiger charge is -2.15. The fourth-order valence-electron chi connectivity index (χ4n) is 1.64. The van der Waals surface area contributed by atoms with E-state index in [1.165, 1.54) is 17.0 Å². The van der Waals surface area contributed by atoms with Gasteiger partial charge in [0.2, 0.25) is 0 Å². The summed E-state index contributed by atoms with van der Waals surface area (Å²) in [5.41, 5.74) is 0.799. The molecule has 0 N–H and O–H groups in total. The van der Waals surface area contributed by atoms with Gasteiger partial charge in [-0.2, -0.15) is 0 Å². The van der Waals surface area contributed by atoms with Crippen molar-refractivity contribution in [2.45, 2.75) is 13.5 Å². The van der Waals surface area contributed by atoms with E-state index >= 15 is 0 Å². The molecular weight excluding hydrogens is 235 g/mol. The maximum absolute atomic E-state index is 13.5. The maximum Gasteiger partial charge on any atom is 0.256 e. The van der Waals surface area contributed by atoms with Gasteiger partial charge < -0.3 is 9.42 Å². The summed E-state index contributed by atoms with van der Waals surface area (Å²) >= 11 is 0. The molecule has 0 atom stereocenters. The number of aryl methyl sites for hydroxylation is 1. The van der Waals surface area contributed by atoms with Crippen LogP contribution in [-0.4, -0.2) is 23.0 Å². The van der Waals surface area contributed by atoms with Crippen molar-refractivity contribution in [1.29, 1.82) is 0 Å². The molecule has 0 aliphatic rings. The van der Waals surface area contributed by atoms with E-state index in [-0.39, 0.29) is 18.0 Å². The minimum Gasteiger partial charge on any atom is -0.359 e. The first-order valence-corrected chi connectivity index (χ1v) is 5.50. The molecule has 0 saturated heterocycles. The van der Waals surface area contributed by atoms with E-state index in [0.29, 0.717) is 5.76 Å². The second kappa shape index (κ2) is 5.00. The van der Waals surface area contributed by atoms with Gasteiger partial charge in [0.05, 0.1) is 17.8 Å². The number of carbonyl (C=O) groups is 1. The highest BCUT2D eigenvalue weighted by Gasteiger charge is 2.17. The molecule has 0 bridgehead atoms. The standard InChI is InChI=1S/C13H13FN2O2/c1-9-7-10(18-15-9)8-16(2)13(17)11-5-3-4-6-12(11)14/h3-7H,8H2,1-2H3. The van der Waals surface area contributed by atoms with Gasteiger partial charge in [0, 0.05) is 13.1 Å². The van der Waals surface area contributed by atoms with Crippen molar-refractivity contribution in [3.63, 3.8) is 0 Å². The lowest BCUT2D eigenvalue weighted by atomic mass is 10.2. The Kier molecular flexibility index (Phi) is 3.41. The maximum atomic E-state index is 13.5. The number of carbonyl (C=O) groups excluding carboxylic acids is 1. The van der Waals surface area contributed by atoms with Crippen molar-refractivity contribution in [1.82, 2.24) is 10.1 Å². The Balaban J connectivity index is 2.12. The molecular formula is C13H13FN2O2. The molecule has 1 heterocycles. The fraction of sp³-hybridized carbons (Fsp3) is 0.231. The molecule has 0 aliphatic heterocycles. The summed E-state index contributed by atoms with van der Waals surface area (Å²) < 4.78 is 18.5. The molecule has 94 valence electrons. The summed E-state index contributed by atoms with van der Waals surface area (Å²) in [5.74, 6) is -0.343. The molecule has 18 heavy (non-hydrogen) atoms. The number of amides is 1. The smallest absolute Gasteiger partial charge is 0.256 e. The van der Waals surface area contributed by atoms with Crippen molar-refractivity contribution in [2.24, 2.45) is 0 Å². The SMILES string of the molecule is Cc1cc(CN(C)C(=O)c2ccccc2F)on1. The highest BCUT2D eigenvalue weighted by atomic mass is 19.1. The average Bonchev–Trinajstić information content (AvgIpc) is 2.74. The minimum atomic E-state index is -0.525. The predicted molar refractivity (Wildman–Crippen MR) is 63.4 cm³/mol. The van der Waals surface area contributed by atoms with Crippen LogP contribution in [0.3, 0.4) is 0 Å². The molecule has 2 rings (SSSR count). The third-order valence-electron chi connectivity index (χ3n) is 2.52. The summed E-state index contributed by atoms with van der Waals surface area (Å²) in [7, 11) is 1.59. The van der Waals surface area contributed by atoms with Crippen LogP contribution in [-0.2, 0) is 6.54 Å². The zero-order valence-electron chi connectivity index (χ0n) is 10.2. The van der Waals surface area contributed by atoms with Gasteiger partial charge in [0.1, 0.15) is 5.82 Å². The molecule has 0 radical (unpaired) electrons. The van der Waals surface area contributed by atoms with Gasteiger partial charge in [0.25, 0.3) is 5.91 Å². The molecule has 4 nitrogen and oxygen atoms in total. The number of hydrogen-bond donors (Lipinski definition) is 0. The zero-order chi connectivity index (χ0) is 13.1. The summed E-state index contributed by atoms with van der Waals surface area (Å²) in [6, 6.07) is 7.64. The second-order valence-corrected chi connectivity index (χ2v) is 4.08. The number of halogens is 1. The van der Waals surface area contributed by atoms with E-state index in [0.717, 1.165) is 5.69 Å². The van der Waals surface area contributed by atoms with Crippen LogP contribution >= 0.6 is 0 Å². The summed E-state index contributed by atoms with van der Waals surface area (Å²) in [6.45, 7) is 2.06. The lowest BCUT2D eigenvalue weighted by molar-refractivity contribution is 0.0767. The van der Waals surface area contributed by atoms with Gasteiger partial charge in [-0.1, -0.05) is 17.3 Å². The van der Waals surface area contributed by atoms with Crippen LogP contribution in [0.2, 0.25) is 0 Å². The van der Waals surface area contributed by atoms with Crippen LogP contribution in [0.25, 0.3) is 0 Å². The second-order valence-electron chi connectivity index (χ2n) is 4.08. The van der Waals surface area contributed by atoms with Gasteiger partial charge in [-0.05, 0) is 19.1 Å². The predicted octanol–water partition coefficient (Wildman–Crippen LogP) is 2.39. The van der Waals surface area contributed by atoms with Gasteiger partial charge in [-0.25, -0.2) is 4.39 Å². The van der Waals surface area contributed by atoms with Crippen LogP contribution in [0.15, 0.2) is 34.9 Å². The molecule has 0 spiro atoms. The molecule has 0 fully saturated rings. The summed E-state index contributed by atoms with van der Waals surface area (Å²) in [6.07, 6.45) is 0. The first-order valence-electron chi connectivity index (χ1n) is 5.50. The molecule has 0 saturated carbocycles. The Bertz CT molecular complexity index is 566. The Morgan fingerprint density at radius 3 is 2.78 bits per heavy atom. The summed E-state index contributed by atoms with van der Waals surface area (Å²) in [4.78, 5) is 13.4. The highest BCUT2D eigenvalue weighted by Crippen LogP contribution is 2.12. The van der Waals surface area contributed by atoms with E-state index in [2.05, 4.69) is 5.16 Å². The topological polar surface area (TPSA) is 46.3 Å². The van der Waals surface area contributed by atoms with E-state index in [4.69, 9.17) is 4.52 Å². The van der Waals surface area contributed by atoms with Gasteiger partial charge in [0.15, 0.2) is 5.76 Å². The van der Waals surface area contributed by atoms with Crippen LogP contribution in [0.5, 0.6) is 0 Å². The Morgan fingerprint density at radius 1 is 1.44 bits per heavy atom. The van der Waals surface area contributed by atoms with Crippen LogP contribution in [0.4, 0.5) is 4.39 Å². The third kappa shape index (κ3) is 2.56. The molecule has 0 unspecified atom stereocenters. The number of benzene rings is 1. The molecule has 5 heteroatoms. The van der Waals surface area contributed by atoms with Gasteiger partial charge in [-0.15, -0.1) is 0 Å². The molecule has 1 aromatic carbocycles. The quantitative estimate of drug-likeness (QED) is 0.837. The van der Waals surface area contributed by atoms with E-state index in [9.17, 15) is 9.18 Å². The third-order valence-corrected chi connectivity index (χ3v) is 2.52. The number of nitrogens with zero attached hydrogens (tertiary/aromatic N) is 2. The largest absolute Gasteiger partial charge is 0.359 e. The van der Waals surface area contributed by atoms with Crippen molar-refractivity contribution in [2.75, 3.05) is 7.05 Å². The molecule has 1 amide bonds. The zero-order valence-corrected chi connectivity index (χ0v) is 10.2. The number of rotatable bonds is 3. The van der Waals surface area contributed by atoms with Crippen LogP contribution in [0, 0.1) is 12.7 Å². The minimum absolute atomic E-state index is 0.0521. The number of aromatic nitrogens is 1. The summed E-state index contributed by atoms with van der Waals surface area (Å²) in [5, 5.41) is 3.73. The lowest BCUT2D eigenvalue weighted by Crippen LogP contribution is -2.26. The first-order chi connectivity index (χ1) is 8.58. The monoisotopic (exact) mass is 248 g/mol. The number of hydrogen-bond acceptors (Lipinski definition) is 3. The molecule has 1 aromatic heterocycles. The van der Waals surface area contributed by atoms with Crippen molar-refractivity contribution in [3.05, 3.63) is 53.2 Å². The van der Waals surface area contributed by atoms with Crippen LogP contribution < -0.4 is 0 Å². The fourth-order valence-corrected chi connectivity index (χ4v) is 1.64. The van der Waals surface area contributed by atoms with E-state index < -0.39 is 5.82 Å². The molecule has 0 aliphatic carbocycles. The van der Waals surface area contributed by atoms with Crippen molar-refractivity contribution < 1.29 is 13.7 Å². The Morgan fingerprint density at radius 2 is 2.17 bits per heavy atom. The van der Waals surface area contributed by atoms with E-state index in [1.807, 2.05) is 0 Å². The average molecular weight is 248 g/mol. The Hall–Kier alpha value is -2.17. The van der Waals surface area contributed by atoms with Gasteiger partial charge >= 0.3 is 0 Å².